The number of hydrogen-bond acceptors (Lipinski definition) is 8. The van der Waals surface area contributed by atoms with Gasteiger partial charge in [-0.15, -0.1) is 0 Å². The van der Waals surface area contributed by atoms with Gasteiger partial charge in [-0.2, -0.15) is 5.10 Å². The van der Waals surface area contributed by atoms with E-state index in [2.05, 4.69) is 0 Å². The second kappa shape index (κ2) is 9.94. The Labute approximate surface area is 248 Å². The summed E-state index contributed by atoms with van der Waals surface area (Å²) in [6, 6.07) is 24.8. The van der Waals surface area contributed by atoms with Crippen molar-refractivity contribution in [3.63, 3.8) is 0 Å². The van der Waals surface area contributed by atoms with Crippen LogP contribution in [0.3, 0.4) is 0 Å². The van der Waals surface area contributed by atoms with Crippen LogP contribution in [0, 0.1) is 5.41 Å². The highest BCUT2D eigenvalue weighted by Crippen LogP contribution is 2.65. The van der Waals surface area contributed by atoms with E-state index in [9.17, 15) is 14.4 Å². The third-order valence-electron chi connectivity index (χ3n) is 8.99. The summed E-state index contributed by atoms with van der Waals surface area (Å²) in [4.78, 5) is 44.4. The van der Waals surface area contributed by atoms with Gasteiger partial charge >= 0.3 is 0 Å². The molecule has 4 aromatic rings. The SMILES string of the molecule is COc1ccc(C(=O)[C@@H]2[C@H](c3ccc(OC)c(OC)c3)C3(C(=O)c4ccccc4C3=O)[C@@H]3c4ccccc4C=NN23)cc1. The lowest BCUT2D eigenvalue weighted by atomic mass is 9.63. The number of methoxy groups -OCH3 is 3. The maximum atomic E-state index is 14.9. The zero-order valence-electron chi connectivity index (χ0n) is 23.8. The smallest absolute Gasteiger partial charge is 0.187 e. The van der Waals surface area contributed by atoms with Crippen LogP contribution in [0.15, 0.2) is 96.1 Å². The Bertz CT molecular complexity index is 1790. The molecule has 0 unspecified atom stereocenters. The minimum absolute atomic E-state index is 0.266. The molecule has 4 aromatic carbocycles. The Morgan fingerprint density at radius 3 is 2.07 bits per heavy atom. The second-order valence-electron chi connectivity index (χ2n) is 10.9. The van der Waals surface area contributed by atoms with Crippen LogP contribution >= 0.6 is 0 Å². The van der Waals surface area contributed by atoms with Gasteiger partial charge in [-0.1, -0.05) is 54.6 Å². The van der Waals surface area contributed by atoms with Crippen molar-refractivity contribution in [3.8, 4) is 17.2 Å². The van der Waals surface area contributed by atoms with Gasteiger partial charge in [0.1, 0.15) is 17.2 Å². The van der Waals surface area contributed by atoms with Gasteiger partial charge in [0, 0.05) is 22.6 Å². The van der Waals surface area contributed by atoms with Gasteiger partial charge in [0.05, 0.1) is 33.6 Å². The fourth-order valence-electron chi connectivity index (χ4n) is 7.12. The fraction of sp³-hybridized carbons (Fsp3) is 0.200. The molecule has 1 aliphatic carbocycles. The zero-order chi connectivity index (χ0) is 29.9. The van der Waals surface area contributed by atoms with Crippen molar-refractivity contribution in [1.82, 2.24) is 5.01 Å². The summed E-state index contributed by atoms with van der Waals surface area (Å²) in [6.45, 7) is 0. The number of carbonyl (C=O) groups is 3. The van der Waals surface area contributed by atoms with Crippen LogP contribution in [-0.2, 0) is 0 Å². The van der Waals surface area contributed by atoms with Crippen LogP contribution in [0.25, 0.3) is 0 Å². The monoisotopic (exact) mass is 572 g/mol. The molecular weight excluding hydrogens is 544 g/mol. The minimum Gasteiger partial charge on any atom is -0.497 e. The first-order valence-electron chi connectivity index (χ1n) is 14.0. The van der Waals surface area contributed by atoms with Crippen molar-refractivity contribution in [2.75, 3.05) is 21.3 Å². The summed E-state index contributed by atoms with van der Waals surface area (Å²) < 4.78 is 16.5. The van der Waals surface area contributed by atoms with E-state index in [1.165, 1.54) is 14.2 Å². The summed E-state index contributed by atoms with van der Waals surface area (Å²) in [7, 11) is 4.62. The lowest BCUT2D eigenvalue weighted by Gasteiger charge is -2.36. The first-order valence-corrected chi connectivity index (χ1v) is 14.0. The topological polar surface area (TPSA) is 94.5 Å². The largest absolute Gasteiger partial charge is 0.497 e. The molecule has 1 saturated heterocycles. The van der Waals surface area contributed by atoms with E-state index < -0.39 is 23.4 Å². The second-order valence-corrected chi connectivity index (χ2v) is 10.9. The minimum atomic E-state index is -1.68. The zero-order valence-corrected chi connectivity index (χ0v) is 23.8. The van der Waals surface area contributed by atoms with Crippen molar-refractivity contribution >= 4 is 23.6 Å². The average molecular weight is 573 g/mol. The molecule has 2 heterocycles. The summed E-state index contributed by atoms with van der Waals surface area (Å²) in [5.74, 6) is -0.297. The van der Waals surface area contributed by atoms with E-state index in [4.69, 9.17) is 19.3 Å². The molecule has 2 aliphatic heterocycles. The molecule has 43 heavy (non-hydrogen) atoms. The number of hydrogen-bond donors (Lipinski definition) is 0. The van der Waals surface area contributed by atoms with Crippen molar-refractivity contribution in [3.05, 3.63) is 124 Å². The van der Waals surface area contributed by atoms with Crippen LogP contribution in [0.4, 0.5) is 0 Å². The number of nitrogens with zero attached hydrogens (tertiary/aromatic N) is 2. The van der Waals surface area contributed by atoms with Gasteiger partial charge in [-0.05, 0) is 53.1 Å². The molecule has 0 bridgehead atoms. The number of Topliss-reactive ketones (excluding diaryl/α,β-unsaturated/α-hetero) is 3. The molecule has 214 valence electrons. The van der Waals surface area contributed by atoms with Crippen molar-refractivity contribution in [2.45, 2.75) is 18.0 Å². The van der Waals surface area contributed by atoms with E-state index in [-0.39, 0.29) is 17.3 Å². The Hall–Kier alpha value is -5.24. The molecule has 8 nitrogen and oxygen atoms in total. The average Bonchev–Trinajstić information content (AvgIpc) is 3.50. The first kappa shape index (κ1) is 26.6. The van der Waals surface area contributed by atoms with Crippen LogP contribution in [0.1, 0.15) is 59.7 Å². The number of rotatable bonds is 6. The van der Waals surface area contributed by atoms with Crippen LogP contribution in [0.5, 0.6) is 17.2 Å². The van der Waals surface area contributed by atoms with Crippen molar-refractivity contribution < 1.29 is 28.6 Å². The Morgan fingerprint density at radius 1 is 0.767 bits per heavy atom. The van der Waals surface area contributed by atoms with E-state index in [0.717, 1.165) is 11.1 Å². The molecule has 7 rings (SSSR count). The predicted octanol–water partition coefficient (Wildman–Crippen LogP) is 5.52. The van der Waals surface area contributed by atoms with Gasteiger partial charge in [0.2, 0.25) is 0 Å². The molecular formula is C35H28N2O6. The molecule has 0 amide bonds. The van der Waals surface area contributed by atoms with Crippen LogP contribution in [0.2, 0.25) is 0 Å². The summed E-state index contributed by atoms with van der Waals surface area (Å²) in [5, 5.41) is 6.48. The van der Waals surface area contributed by atoms with E-state index >= 15 is 0 Å². The predicted molar refractivity (Wildman–Crippen MR) is 160 cm³/mol. The number of ether oxygens (including phenoxy) is 3. The number of ketones is 3. The molecule has 0 aromatic heterocycles. The molecule has 0 saturated carbocycles. The number of hydrazone groups is 1. The third-order valence-corrected chi connectivity index (χ3v) is 8.99. The highest BCUT2D eigenvalue weighted by Gasteiger charge is 2.72. The van der Waals surface area contributed by atoms with Gasteiger partial charge < -0.3 is 14.2 Å². The van der Waals surface area contributed by atoms with Gasteiger partial charge in [-0.25, -0.2) is 0 Å². The van der Waals surface area contributed by atoms with E-state index in [0.29, 0.717) is 39.5 Å². The lowest BCUT2D eigenvalue weighted by molar-refractivity contribution is 0.0586. The highest BCUT2D eigenvalue weighted by atomic mass is 16.5. The van der Waals surface area contributed by atoms with Crippen molar-refractivity contribution in [2.24, 2.45) is 10.5 Å². The van der Waals surface area contributed by atoms with E-state index in [1.807, 2.05) is 24.3 Å². The number of benzene rings is 4. The van der Waals surface area contributed by atoms with Gasteiger partial charge in [0.25, 0.3) is 0 Å². The molecule has 1 spiro atoms. The summed E-state index contributed by atoms with van der Waals surface area (Å²) in [6.07, 6.45) is 1.70. The first-order chi connectivity index (χ1) is 20.9. The summed E-state index contributed by atoms with van der Waals surface area (Å²) in [5.41, 5.74) is 1.60. The molecule has 3 atom stereocenters. The summed E-state index contributed by atoms with van der Waals surface area (Å²) >= 11 is 0. The molecule has 1 fully saturated rings. The Morgan fingerprint density at radius 2 is 1.42 bits per heavy atom. The number of fused-ring (bicyclic) bond motifs is 5. The normalized spacial score (nSPS) is 20.9. The maximum Gasteiger partial charge on any atom is 0.187 e. The van der Waals surface area contributed by atoms with Gasteiger partial charge in [0.15, 0.2) is 28.8 Å². The van der Waals surface area contributed by atoms with E-state index in [1.54, 1.807) is 85.1 Å². The molecule has 3 aliphatic rings. The molecule has 0 N–H and O–H groups in total. The molecule has 8 heteroatoms. The standard InChI is InChI=1S/C35H28N2O6/c1-41-23-15-12-20(13-16-23)31(38)30-29(21-14-17-27(42-2)28(18-21)43-3)35(33(39)25-10-6-7-11-26(25)34(35)40)32-24-9-5-4-8-22(24)19-36-37(30)32/h4-19,29-30,32H,1-3H3/t29-,30-,32-/m0/s1. The van der Waals surface area contributed by atoms with Crippen LogP contribution < -0.4 is 14.2 Å². The third kappa shape index (κ3) is 3.62. The molecule has 0 radical (unpaired) electrons. The lowest BCUT2D eigenvalue weighted by Crippen LogP contribution is -2.43. The van der Waals surface area contributed by atoms with Crippen LogP contribution in [-0.4, -0.2) is 55.9 Å². The van der Waals surface area contributed by atoms with Crippen molar-refractivity contribution in [1.29, 1.82) is 0 Å². The number of carbonyl (C=O) groups excluding carboxylic acids is 3. The maximum absolute atomic E-state index is 14.9. The fourth-order valence-corrected chi connectivity index (χ4v) is 7.12. The quantitative estimate of drug-likeness (QED) is 0.222. The Balaban J connectivity index is 1.54. The van der Waals surface area contributed by atoms with Gasteiger partial charge in [-0.3, -0.25) is 19.4 Å². The highest BCUT2D eigenvalue weighted by molar-refractivity contribution is 6.31. The Kier molecular flexibility index (Phi) is 6.16.